The lowest BCUT2D eigenvalue weighted by atomic mass is 9.87. The van der Waals surface area contributed by atoms with Crippen molar-refractivity contribution >= 4 is 5.91 Å². The van der Waals surface area contributed by atoms with Gasteiger partial charge in [0.05, 0.1) is 11.3 Å². The molecule has 1 aliphatic rings. The molecule has 0 unspecified atom stereocenters. The van der Waals surface area contributed by atoms with E-state index in [1.807, 2.05) is 29.3 Å². The summed E-state index contributed by atoms with van der Waals surface area (Å²) in [5, 5.41) is 0. The fraction of sp³-hybridized carbons (Fsp3) is 0.375. The van der Waals surface area contributed by atoms with Gasteiger partial charge in [0.1, 0.15) is 5.82 Å². The van der Waals surface area contributed by atoms with Crippen molar-refractivity contribution in [2.24, 2.45) is 0 Å². The van der Waals surface area contributed by atoms with Crippen molar-refractivity contribution in [2.45, 2.75) is 44.9 Å². The maximum Gasteiger partial charge on any atom is 0.255 e. The average Bonchev–Trinajstić information content (AvgIpc) is 2.79. The molecule has 3 aromatic rings. The predicted octanol–water partition coefficient (Wildman–Crippen LogP) is 4.25. The first-order valence-corrected chi connectivity index (χ1v) is 10.4. The summed E-state index contributed by atoms with van der Waals surface area (Å²) >= 11 is 0. The van der Waals surface area contributed by atoms with Gasteiger partial charge in [-0.1, -0.05) is 20.8 Å². The zero-order valence-corrected chi connectivity index (χ0v) is 17.7. The van der Waals surface area contributed by atoms with Crippen LogP contribution in [0.3, 0.4) is 0 Å². The van der Waals surface area contributed by atoms with Crippen molar-refractivity contribution in [3.8, 4) is 11.1 Å². The number of rotatable bonds is 3. The molecule has 6 heteroatoms. The van der Waals surface area contributed by atoms with Crippen molar-refractivity contribution in [1.29, 1.82) is 0 Å². The largest absolute Gasteiger partial charge is 0.339 e. The summed E-state index contributed by atoms with van der Waals surface area (Å²) in [6.07, 6.45) is 10.6. The number of pyridine rings is 2. The summed E-state index contributed by atoms with van der Waals surface area (Å²) in [6, 6.07) is 7.62. The molecule has 1 fully saturated rings. The number of carbonyl (C=O) groups is 1. The van der Waals surface area contributed by atoms with Crippen LogP contribution in [0.15, 0.2) is 55.2 Å². The minimum Gasteiger partial charge on any atom is -0.339 e. The van der Waals surface area contributed by atoms with Crippen LogP contribution < -0.4 is 0 Å². The highest BCUT2D eigenvalue weighted by molar-refractivity contribution is 5.93. The quantitative estimate of drug-likeness (QED) is 0.656. The van der Waals surface area contributed by atoms with Gasteiger partial charge in [-0.2, -0.15) is 0 Å². The molecule has 4 rings (SSSR count). The molecule has 0 radical (unpaired) electrons. The Morgan fingerprint density at radius 1 is 1.00 bits per heavy atom. The molecule has 154 valence electrons. The fourth-order valence-electron chi connectivity index (χ4n) is 3.85. The van der Waals surface area contributed by atoms with Gasteiger partial charge < -0.3 is 4.90 Å². The highest BCUT2D eigenvalue weighted by Crippen LogP contribution is 2.35. The fourth-order valence-corrected chi connectivity index (χ4v) is 3.85. The molecule has 0 spiro atoms. The lowest BCUT2D eigenvalue weighted by Crippen LogP contribution is -2.38. The molecule has 1 saturated heterocycles. The second kappa shape index (κ2) is 8.30. The van der Waals surface area contributed by atoms with Gasteiger partial charge in [-0.15, -0.1) is 0 Å². The van der Waals surface area contributed by atoms with Crippen molar-refractivity contribution < 1.29 is 4.79 Å². The van der Waals surface area contributed by atoms with Crippen molar-refractivity contribution in [1.82, 2.24) is 24.8 Å². The maximum absolute atomic E-state index is 12.8. The summed E-state index contributed by atoms with van der Waals surface area (Å²) in [4.78, 5) is 32.6. The topological polar surface area (TPSA) is 71.9 Å². The van der Waals surface area contributed by atoms with Crippen LogP contribution in [0.2, 0.25) is 0 Å². The molecule has 3 aromatic heterocycles. The van der Waals surface area contributed by atoms with E-state index in [0.29, 0.717) is 18.7 Å². The normalized spacial score (nSPS) is 15.2. The Kier molecular flexibility index (Phi) is 5.57. The van der Waals surface area contributed by atoms with Crippen LogP contribution in [-0.4, -0.2) is 43.8 Å². The molecule has 0 atom stereocenters. The van der Waals surface area contributed by atoms with E-state index in [2.05, 4.69) is 35.7 Å². The molecular weight excluding hydrogens is 374 g/mol. The molecule has 1 aliphatic heterocycles. The summed E-state index contributed by atoms with van der Waals surface area (Å²) < 4.78 is 0. The smallest absolute Gasteiger partial charge is 0.255 e. The summed E-state index contributed by atoms with van der Waals surface area (Å²) in [5.74, 6) is 1.19. The number of amides is 1. The van der Waals surface area contributed by atoms with E-state index in [9.17, 15) is 4.79 Å². The van der Waals surface area contributed by atoms with Crippen molar-refractivity contribution in [3.63, 3.8) is 0 Å². The van der Waals surface area contributed by atoms with E-state index >= 15 is 0 Å². The Balaban J connectivity index is 1.60. The molecule has 6 nitrogen and oxygen atoms in total. The number of piperidine rings is 1. The minimum atomic E-state index is -0.123. The van der Waals surface area contributed by atoms with E-state index in [4.69, 9.17) is 4.98 Å². The first-order chi connectivity index (χ1) is 14.4. The predicted molar refractivity (Wildman–Crippen MR) is 116 cm³/mol. The van der Waals surface area contributed by atoms with Gasteiger partial charge in [-0.25, -0.2) is 9.97 Å². The number of likely N-dealkylation sites (tertiary alicyclic amines) is 1. The number of carbonyl (C=O) groups excluding carboxylic acids is 1. The minimum absolute atomic E-state index is 0.0500. The third kappa shape index (κ3) is 4.22. The molecule has 0 N–H and O–H groups in total. The highest BCUT2D eigenvalue weighted by atomic mass is 16.2. The molecule has 1 amide bonds. The van der Waals surface area contributed by atoms with Gasteiger partial charge >= 0.3 is 0 Å². The van der Waals surface area contributed by atoms with Crippen LogP contribution in [-0.2, 0) is 5.41 Å². The zero-order chi connectivity index (χ0) is 21.1. The first kappa shape index (κ1) is 20.1. The maximum atomic E-state index is 12.8. The molecular formula is C24H27N5O. The van der Waals surface area contributed by atoms with Crippen LogP contribution in [0, 0.1) is 0 Å². The SMILES string of the molecule is CC(C)(C)c1ncc(-c2ccncc2)c(C2CCN(C(=O)c3cccnc3)CC2)n1. The van der Waals surface area contributed by atoms with Crippen LogP contribution in [0.4, 0.5) is 0 Å². The van der Waals surface area contributed by atoms with Crippen LogP contribution >= 0.6 is 0 Å². The standard InChI is InChI=1S/C24H27N5O/c1-24(2,3)23-27-16-20(17-6-11-25-12-7-17)21(28-23)18-8-13-29(14-9-18)22(30)19-5-4-10-26-15-19/h4-7,10-12,15-16,18H,8-9,13-14H2,1-3H3. The van der Waals surface area contributed by atoms with Crippen molar-refractivity contribution in [2.75, 3.05) is 13.1 Å². The average molecular weight is 402 g/mol. The van der Waals surface area contributed by atoms with Crippen LogP contribution in [0.1, 0.15) is 61.4 Å². The monoisotopic (exact) mass is 401 g/mol. The van der Waals surface area contributed by atoms with Crippen LogP contribution in [0.5, 0.6) is 0 Å². The lowest BCUT2D eigenvalue weighted by Gasteiger charge is -2.33. The first-order valence-electron chi connectivity index (χ1n) is 10.4. The highest BCUT2D eigenvalue weighted by Gasteiger charge is 2.29. The Labute approximate surface area is 177 Å². The number of aromatic nitrogens is 4. The second-order valence-electron chi connectivity index (χ2n) is 8.79. The van der Waals surface area contributed by atoms with E-state index in [-0.39, 0.29) is 17.2 Å². The number of hydrogen-bond donors (Lipinski definition) is 0. The summed E-state index contributed by atoms with van der Waals surface area (Å²) in [6.45, 7) is 7.82. The van der Waals surface area contributed by atoms with Gasteiger partial charge in [-0.05, 0) is 42.7 Å². The lowest BCUT2D eigenvalue weighted by molar-refractivity contribution is 0.0711. The number of hydrogen-bond acceptors (Lipinski definition) is 5. The zero-order valence-electron chi connectivity index (χ0n) is 17.7. The molecule has 0 bridgehead atoms. The molecule has 0 aliphatic carbocycles. The van der Waals surface area contributed by atoms with Gasteiger partial charge in [-0.3, -0.25) is 14.8 Å². The number of nitrogens with zero attached hydrogens (tertiary/aromatic N) is 5. The molecule has 0 aromatic carbocycles. The summed E-state index contributed by atoms with van der Waals surface area (Å²) in [5.41, 5.74) is 3.74. The third-order valence-electron chi connectivity index (χ3n) is 5.56. The van der Waals surface area contributed by atoms with Gasteiger partial charge in [0, 0.05) is 61.0 Å². The van der Waals surface area contributed by atoms with E-state index in [1.54, 1.807) is 30.9 Å². The Hall–Kier alpha value is -3.15. The molecule has 0 saturated carbocycles. The Morgan fingerprint density at radius 2 is 1.73 bits per heavy atom. The Morgan fingerprint density at radius 3 is 2.37 bits per heavy atom. The van der Waals surface area contributed by atoms with Gasteiger partial charge in [0.2, 0.25) is 0 Å². The molecule has 4 heterocycles. The van der Waals surface area contributed by atoms with Crippen molar-refractivity contribution in [3.05, 3.63) is 72.3 Å². The van der Waals surface area contributed by atoms with E-state index in [1.165, 1.54) is 0 Å². The molecule has 30 heavy (non-hydrogen) atoms. The van der Waals surface area contributed by atoms with Gasteiger partial charge in [0.25, 0.3) is 5.91 Å². The van der Waals surface area contributed by atoms with Gasteiger partial charge in [0.15, 0.2) is 0 Å². The van der Waals surface area contributed by atoms with E-state index in [0.717, 1.165) is 35.5 Å². The second-order valence-corrected chi connectivity index (χ2v) is 8.79. The summed E-state index contributed by atoms with van der Waals surface area (Å²) in [7, 11) is 0. The van der Waals surface area contributed by atoms with E-state index < -0.39 is 0 Å². The van der Waals surface area contributed by atoms with Crippen LogP contribution in [0.25, 0.3) is 11.1 Å². The third-order valence-corrected chi connectivity index (χ3v) is 5.56. The Bertz CT molecular complexity index is 1010.